The molecule has 2 rings (SSSR count). The number of nitrogens with zero attached hydrogens (tertiary/aromatic N) is 1. The first-order valence-corrected chi connectivity index (χ1v) is 9.37. The van der Waals surface area contributed by atoms with Crippen LogP contribution in [0.25, 0.3) is 0 Å². The fraction of sp³-hybridized carbons (Fsp3) is 0.875. The van der Waals surface area contributed by atoms with E-state index in [0.717, 1.165) is 13.0 Å². The van der Waals surface area contributed by atoms with Gasteiger partial charge in [0.15, 0.2) is 0 Å². The topological polar surface area (TPSA) is 49.4 Å². The number of carbonyl (C=O) groups is 2. The van der Waals surface area contributed by atoms with Crippen molar-refractivity contribution in [3.05, 3.63) is 0 Å². The van der Waals surface area contributed by atoms with Crippen LogP contribution in [0.4, 0.5) is 0 Å². The molecule has 5 heteroatoms. The number of hydrogen-bond acceptors (Lipinski definition) is 3. The molecule has 4 nitrogen and oxygen atoms in total. The summed E-state index contributed by atoms with van der Waals surface area (Å²) in [5, 5.41) is 2.93. The van der Waals surface area contributed by atoms with Crippen molar-refractivity contribution in [1.29, 1.82) is 0 Å². The summed E-state index contributed by atoms with van der Waals surface area (Å²) in [4.78, 5) is 26.9. The van der Waals surface area contributed by atoms with Crippen molar-refractivity contribution in [2.24, 2.45) is 11.8 Å². The molecule has 2 saturated heterocycles. The summed E-state index contributed by atoms with van der Waals surface area (Å²) in [6.07, 6.45) is 3.77. The predicted octanol–water partition coefficient (Wildman–Crippen LogP) is 2.28. The van der Waals surface area contributed by atoms with Gasteiger partial charge in [0.2, 0.25) is 11.8 Å². The number of piperazine rings is 1. The molecule has 2 aliphatic rings. The predicted molar refractivity (Wildman–Crippen MR) is 87.2 cm³/mol. The van der Waals surface area contributed by atoms with Crippen molar-refractivity contribution in [3.63, 3.8) is 0 Å². The second-order valence-corrected chi connectivity index (χ2v) is 7.89. The van der Waals surface area contributed by atoms with Gasteiger partial charge < -0.3 is 10.2 Å². The standard InChI is InChI=1S/C16H28N2O2S/c1-4-14-15(19)17-13(9-11(2)3)16(20)18(14)10-12-5-7-21-8-6-12/h11-14H,4-10H2,1-3H3,(H,17,19). The quantitative estimate of drug-likeness (QED) is 0.847. The lowest BCUT2D eigenvalue weighted by Gasteiger charge is -2.41. The highest BCUT2D eigenvalue weighted by Crippen LogP contribution is 2.26. The molecule has 2 amide bonds. The number of rotatable bonds is 5. The average Bonchev–Trinajstić information content (AvgIpc) is 2.45. The molecule has 2 unspecified atom stereocenters. The van der Waals surface area contributed by atoms with Gasteiger partial charge in [0.1, 0.15) is 12.1 Å². The molecule has 0 aromatic heterocycles. The van der Waals surface area contributed by atoms with E-state index in [1.807, 2.05) is 23.6 Å². The molecule has 120 valence electrons. The van der Waals surface area contributed by atoms with Crippen molar-refractivity contribution < 1.29 is 9.59 Å². The van der Waals surface area contributed by atoms with Gasteiger partial charge in [0.25, 0.3) is 0 Å². The van der Waals surface area contributed by atoms with E-state index in [1.54, 1.807) is 0 Å². The average molecular weight is 312 g/mol. The Hall–Kier alpha value is -0.710. The Morgan fingerprint density at radius 1 is 1.29 bits per heavy atom. The fourth-order valence-electron chi connectivity index (χ4n) is 3.29. The van der Waals surface area contributed by atoms with Crippen molar-refractivity contribution in [2.75, 3.05) is 18.1 Å². The molecule has 2 aliphatic heterocycles. The molecule has 2 heterocycles. The zero-order valence-electron chi connectivity index (χ0n) is 13.4. The molecule has 0 aliphatic carbocycles. The van der Waals surface area contributed by atoms with Gasteiger partial charge in [-0.3, -0.25) is 9.59 Å². The molecular formula is C16H28N2O2S. The summed E-state index contributed by atoms with van der Waals surface area (Å²) in [5.41, 5.74) is 0. The Morgan fingerprint density at radius 2 is 1.95 bits per heavy atom. The Kier molecular flexibility index (Phi) is 5.97. The maximum Gasteiger partial charge on any atom is 0.245 e. The first-order chi connectivity index (χ1) is 10.0. The van der Waals surface area contributed by atoms with E-state index >= 15 is 0 Å². The lowest BCUT2D eigenvalue weighted by atomic mass is 9.95. The van der Waals surface area contributed by atoms with Crippen molar-refractivity contribution in [2.45, 2.75) is 58.5 Å². The number of thioether (sulfide) groups is 1. The van der Waals surface area contributed by atoms with E-state index in [0.29, 0.717) is 18.3 Å². The zero-order valence-corrected chi connectivity index (χ0v) is 14.2. The highest BCUT2D eigenvalue weighted by Gasteiger charge is 2.40. The van der Waals surface area contributed by atoms with Gasteiger partial charge in [-0.15, -0.1) is 0 Å². The van der Waals surface area contributed by atoms with Crippen molar-refractivity contribution >= 4 is 23.6 Å². The molecule has 2 atom stereocenters. The summed E-state index contributed by atoms with van der Waals surface area (Å²) < 4.78 is 0. The van der Waals surface area contributed by atoms with Crippen LogP contribution in [0.5, 0.6) is 0 Å². The number of nitrogens with one attached hydrogen (secondary N) is 1. The van der Waals surface area contributed by atoms with Crippen LogP contribution in [0.3, 0.4) is 0 Å². The molecule has 0 spiro atoms. The largest absolute Gasteiger partial charge is 0.342 e. The van der Waals surface area contributed by atoms with E-state index in [4.69, 9.17) is 0 Å². The van der Waals surface area contributed by atoms with Gasteiger partial charge in [-0.05, 0) is 49.0 Å². The third-order valence-corrected chi connectivity index (χ3v) is 5.51. The summed E-state index contributed by atoms with van der Waals surface area (Å²) in [6.45, 7) is 6.94. The molecule has 21 heavy (non-hydrogen) atoms. The summed E-state index contributed by atoms with van der Waals surface area (Å²) in [7, 11) is 0. The first kappa shape index (κ1) is 16.7. The van der Waals surface area contributed by atoms with Crippen LogP contribution in [0.2, 0.25) is 0 Å². The first-order valence-electron chi connectivity index (χ1n) is 8.21. The monoisotopic (exact) mass is 312 g/mol. The maximum absolute atomic E-state index is 12.8. The van der Waals surface area contributed by atoms with Crippen LogP contribution >= 0.6 is 11.8 Å². The van der Waals surface area contributed by atoms with Crippen LogP contribution in [-0.4, -0.2) is 46.8 Å². The second kappa shape index (κ2) is 7.52. The summed E-state index contributed by atoms with van der Waals surface area (Å²) >= 11 is 1.99. The number of hydrogen-bond donors (Lipinski definition) is 1. The zero-order chi connectivity index (χ0) is 15.4. The number of amides is 2. The smallest absolute Gasteiger partial charge is 0.245 e. The SMILES string of the molecule is CCC1C(=O)NC(CC(C)C)C(=O)N1CC1CCSCC1. The van der Waals surface area contributed by atoms with Gasteiger partial charge in [-0.2, -0.15) is 11.8 Å². The maximum atomic E-state index is 12.8. The van der Waals surface area contributed by atoms with Crippen molar-refractivity contribution in [3.8, 4) is 0 Å². The van der Waals surface area contributed by atoms with Gasteiger partial charge in [-0.1, -0.05) is 20.8 Å². The molecular weight excluding hydrogens is 284 g/mol. The van der Waals surface area contributed by atoms with Crippen molar-refractivity contribution in [1.82, 2.24) is 10.2 Å². The lowest BCUT2D eigenvalue weighted by Crippen LogP contribution is -2.64. The van der Waals surface area contributed by atoms with E-state index in [9.17, 15) is 9.59 Å². The van der Waals surface area contributed by atoms with Crippen LogP contribution in [0.1, 0.15) is 46.5 Å². The van der Waals surface area contributed by atoms with E-state index in [1.165, 1.54) is 24.3 Å². The summed E-state index contributed by atoms with van der Waals surface area (Å²) in [6, 6.07) is -0.589. The molecule has 0 radical (unpaired) electrons. The minimum atomic E-state index is -0.321. The van der Waals surface area contributed by atoms with Gasteiger partial charge >= 0.3 is 0 Å². The highest BCUT2D eigenvalue weighted by atomic mass is 32.2. The third kappa shape index (κ3) is 4.15. The van der Waals surface area contributed by atoms with Gasteiger partial charge in [0, 0.05) is 6.54 Å². The lowest BCUT2D eigenvalue weighted by molar-refractivity contribution is -0.150. The highest BCUT2D eigenvalue weighted by molar-refractivity contribution is 7.99. The minimum Gasteiger partial charge on any atom is -0.342 e. The third-order valence-electron chi connectivity index (χ3n) is 4.47. The van der Waals surface area contributed by atoms with Crippen LogP contribution in [-0.2, 0) is 9.59 Å². The Labute approximate surface area is 132 Å². The molecule has 0 saturated carbocycles. The molecule has 0 aromatic carbocycles. The fourth-order valence-corrected chi connectivity index (χ4v) is 4.49. The Balaban J connectivity index is 2.08. The normalized spacial score (nSPS) is 28.1. The Morgan fingerprint density at radius 3 is 2.52 bits per heavy atom. The minimum absolute atomic E-state index is 0.0351. The van der Waals surface area contributed by atoms with E-state index < -0.39 is 0 Å². The van der Waals surface area contributed by atoms with E-state index in [-0.39, 0.29) is 23.9 Å². The molecule has 2 fully saturated rings. The van der Waals surface area contributed by atoms with Crippen LogP contribution < -0.4 is 5.32 Å². The van der Waals surface area contributed by atoms with Gasteiger partial charge in [0.05, 0.1) is 0 Å². The van der Waals surface area contributed by atoms with E-state index in [2.05, 4.69) is 19.2 Å². The number of carbonyl (C=O) groups excluding carboxylic acids is 2. The van der Waals surface area contributed by atoms with Crippen LogP contribution in [0.15, 0.2) is 0 Å². The molecule has 1 N–H and O–H groups in total. The second-order valence-electron chi connectivity index (χ2n) is 6.66. The Bertz CT molecular complexity index is 380. The molecule has 0 bridgehead atoms. The van der Waals surface area contributed by atoms with Crippen LogP contribution in [0, 0.1) is 11.8 Å². The van der Waals surface area contributed by atoms with Gasteiger partial charge in [-0.25, -0.2) is 0 Å². The molecule has 0 aromatic rings. The summed E-state index contributed by atoms with van der Waals surface area (Å²) in [5.74, 6) is 3.51.